The van der Waals surface area contributed by atoms with E-state index in [0.29, 0.717) is 6.54 Å². The number of hydrogen-bond acceptors (Lipinski definition) is 2. The molecule has 154 valence electrons. The van der Waals surface area contributed by atoms with Crippen LogP contribution in [0.25, 0.3) is 10.8 Å². The van der Waals surface area contributed by atoms with Gasteiger partial charge in [0.15, 0.2) is 6.54 Å². The first-order valence-corrected chi connectivity index (χ1v) is 10.7. The van der Waals surface area contributed by atoms with Crippen LogP contribution in [0.15, 0.2) is 77.9 Å². The monoisotopic (exact) mass is 402 g/mol. The Labute approximate surface area is 178 Å². The second-order valence-corrected chi connectivity index (χ2v) is 8.13. The number of hydrazone groups is 1. The van der Waals surface area contributed by atoms with Crippen molar-refractivity contribution in [2.75, 3.05) is 32.7 Å². The number of fused-ring (bicyclic) bond motifs is 1. The molecule has 0 aromatic heterocycles. The Balaban J connectivity index is 1.25. The third-order valence-electron chi connectivity index (χ3n) is 5.89. The van der Waals surface area contributed by atoms with Gasteiger partial charge in [-0.1, -0.05) is 66.7 Å². The number of piperazine rings is 1. The molecule has 1 aliphatic rings. The Morgan fingerprint density at radius 3 is 2.30 bits per heavy atom. The quantitative estimate of drug-likeness (QED) is 0.412. The van der Waals surface area contributed by atoms with Crippen molar-refractivity contribution >= 4 is 22.4 Å². The largest absolute Gasteiger partial charge is 0.322 e. The third kappa shape index (κ3) is 5.32. The topological polar surface area (TPSA) is 50.3 Å². The SMILES string of the molecule is C/C(=N/NC(=O)C[NH+]1CC[NH+](Cc2ccccc2)CC1)c1ccc2ccccc2c1. The van der Waals surface area contributed by atoms with Crippen molar-refractivity contribution < 1.29 is 14.6 Å². The second kappa shape index (κ2) is 9.65. The fourth-order valence-corrected chi connectivity index (χ4v) is 4.09. The molecule has 1 saturated heterocycles. The Bertz CT molecular complexity index is 1020. The van der Waals surface area contributed by atoms with E-state index in [-0.39, 0.29) is 5.91 Å². The lowest BCUT2D eigenvalue weighted by Gasteiger charge is -2.29. The first-order chi connectivity index (χ1) is 14.7. The molecule has 3 aromatic rings. The molecule has 3 N–H and O–H groups in total. The number of carbonyl (C=O) groups is 1. The normalized spacial score (nSPS) is 19.6. The van der Waals surface area contributed by atoms with Gasteiger partial charge >= 0.3 is 0 Å². The van der Waals surface area contributed by atoms with Crippen LogP contribution in [0.3, 0.4) is 0 Å². The summed E-state index contributed by atoms with van der Waals surface area (Å²) in [7, 11) is 0. The van der Waals surface area contributed by atoms with E-state index < -0.39 is 0 Å². The number of benzene rings is 3. The van der Waals surface area contributed by atoms with Crippen molar-refractivity contribution in [3.63, 3.8) is 0 Å². The van der Waals surface area contributed by atoms with E-state index in [9.17, 15) is 4.79 Å². The van der Waals surface area contributed by atoms with Gasteiger partial charge in [-0.2, -0.15) is 5.10 Å². The fraction of sp³-hybridized carbons (Fsp3) is 0.280. The van der Waals surface area contributed by atoms with Crippen LogP contribution in [0, 0.1) is 0 Å². The summed E-state index contributed by atoms with van der Waals surface area (Å²) in [5.74, 6) is -0.0170. The number of nitrogens with one attached hydrogen (secondary N) is 3. The molecule has 0 spiro atoms. The van der Waals surface area contributed by atoms with Gasteiger partial charge in [0, 0.05) is 5.56 Å². The lowest BCUT2D eigenvalue weighted by atomic mass is 10.0. The molecule has 0 unspecified atom stereocenters. The number of nitrogens with zero attached hydrogens (tertiary/aromatic N) is 1. The minimum absolute atomic E-state index is 0.0170. The Kier molecular flexibility index (Phi) is 6.52. The van der Waals surface area contributed by atoms with Crippen molar-refractivity contribution in [2.45, 2.75) is 13.5 Å². The highest BCUT2D eigenvalue weighted by Gasteiger charge is 2.24. The van der Waals surface area contributed by atoms with E-state index in [1.807, 2.05) is 25.1 Å². The van der Waals surface area contributed by atoms with Crippen molar-refractivity contribution in [2.24, 2.45) is 5.10 Å². The molecule has 0 radical (unpaired) electrons. The third-order valence-corrected chi connectivity index (χ3v) is 5.89. The van der Waals surface area contributed by atoms with Crippen LogP contribution in [-0.2, 0) is 11.3 Å². The van der Waals surface area contributed by atoms with Gasteiger partial charge in [0.2, 0.25) is 0 Å². The zero-order valence-corrected chi connectivity index (χ0v) is 17.5. The average molecular weight is 403 g/mol. The summed E-state index contributed by atoms with van der Waals surface area (Å²) in [6.07, 6.45) is 0. The molecule has 1 fully saturated rings. The van der Waals surface area contributed by atoms with Crippen LogP contribution < -0.4 is 15.2 Å². The summed E-state index contributed by atoms with van der Waals surface area (Å²) in [5.41, 5.74) is 5.98. The van der Waals surface area contributed by atoms with Gasteiger partial charge in [-0.05, 0) is 29.3 Å². The van der Waals surface area contributed by atoms with Crippen LogP contribution in [0.4, 0.5) is 0 Å². The molecule has 1 heterocycles. The zero-order valence-electron chi connectivity index (χ0n) is 17.5. The summed E-state index contributed by atoms with van der Waals surface area (Å²) in [6.45, 7) is 7.70. The van der Waals surface area contributed by atoms with Crippen molar-refractivity contribution in [3.8, 4) is 0 Å². The van der Waals surface area contributed by atoms with Gasteiger partial charge in [-0.3, -0.25) is 4.79 Å². The summed E-state index contributed by atoms with van der Waals surface area (Å²) in [5, 5.41) is 6.72. The summed E-state index contributed by atoms with van der Waals surface area (Å²) in [4.78, 5) is 15.3. The van der Waals surface area contributed by atoms with Gasteiger partial charge < -0.3 is 9.80 Å². The van der Waals surface area contributed by atoms with E-state index in [0.717, 1.165) is 44.0 Å². The molecule has 5 heteroatoms. The minimum atomic E-state index is -0.0170. The van der Waals surface area contributed by atoms with E-state index >= 15 is 0 Å². The molecule has 0 bridgehead atoms. The first kappa shape index (κ1) is 20.3. The molecule has 0 aliphatic carbocycles. The molecular weight excluding hydrogens is 372 g/mol. The van der Waals surface area contributed by atoms with Crippen LogP contribution in [0.2, 0.25) is 0 Å². The van der Waals surface area contributed by atoms with Crippen LogP contribution in [0.1, 0.15) is 18.1 Å². The Hall–Kier alpha value is -3.02. The highest BCUT2D eigenvalue weighted by atomic mass is 16.2. The lowest BCUT2D eigenvalue weighted by molar-refractivity contribution is -1.02. The van der Waals surface area contributed by atoms with E-state index in [1.165, 1.54) is 21.2 Å². The highest BCUT2D eigenvalue weighted by molar-refractivity contribution is 6.02. The molecule has 3 aromatic carbocycles. The summed E-state index contributed by atoms with van der Waals surface area (Å²) in [6, 6.07) is 25.1. The minimum Gasteiger partial charge on any atom is -0.322 e. The first-order valence-electron chi connectivity index (χ1n) is 10.7. The molecule has 30 heavy (non-hydrogen) atoms. The van der Waals surface area contributed by atoms with E-state index in [2.05, 4.69) is 65.1 Å². The molecular formula is C25H30N4O+2. The zero-order chi connectivity index (χ0) is 20.8. The lowest BCUT2D eigenvalue weighted by Crippen LogP contribution is -3.28. The maximum Gasteiger partial charge on any atom is 0.295 e. The van der Waals surface area contributed by atoms with Crippen LogP contribution >= 0.6 is 0 Å². The van der Waals surface area contributed by atoms with Gasteiger partial charge in [0.05, 0.1) is 5.71 Å². The summed E-state index contributed by atoms with van der Waals surface area (Å²) < 4.78 is 0. The maximum atomic E-state index is 12.4. The van der Waals surface area contributed by atoms with Crippen molar-refractivity contribution in [1.82, 2.24) is 5.43 Å². The molecule has 4 rings (SSSR count). The number of carbonyl (C=O) groups excluding carboxylic acids is 1. The van der Waals surface area contributed by atoms with Crippen LogP contribution in [-0.4, -0.2) is 44.3 Å². The number of quaternary nitrogens is 2. The number of amides is 1. The van der Waals surface area contributed by atoms with E-state index in [4.69, 9.17) is 0 Å². The van der Waals surface area contributed by atoms with E-state index in [1.54, 1.807) is 4.90 Å². The van der Waals surface area contributed by atoms with Gasteiger partial charge in [0.25, 0.3) is 5.91 Å². The van der Waals surface area contributed by atoms with Gasteiger partial charge in [0.1, 0.15) is 32.7 Å². The number of rotatable bonds is 6. The maximum absolute atomic E-state index is 12.4. The predicted molar refractivity (Wildman–Crippen MR) is 121 cm³/mol. The molecule has 1 aliphatic heterocycles. The van der Waals surface area contributed by atoms with Crippen molar-refractivity contribution in [1.29, 1.82) is 0 Å². The van der Waals surface area contributed by atoms with Crippen molar-refractivity contribution in [3.05, 3.63) is 83.9 Å². The number of hydrogen-bond donors (Lipinski definition) is 3. The molecule has 0 saturated carbocycles. The Morgan fingerprint density at radius 1 is 0.867 bits per heavy atom. The Morgan fingerprint density at radius 2 is 1.53 bits per heavy atom. The summed E-state index contributed by atoms with van der Waals surface area (Å²) >= 11 is 0. The predicted octanol–water partition coefficient (Wildman–Crippen LogP) is 0.664. The smallest absolute Gasteiger partial charge is 0.295 e. The second-order valence-electron chi connectivity index (χ2n) is 8.13. The molecule has 5 nitrogen and oxygen atoms in total. The van der Waals surface area contributed by atoms with Crippen LogP contribution in [0.5, 0.6) is 0 Å². The van der Waals surface area contributed by atoms with Gasteiger partial charge in [-0.15, -0.1) is 0 Å². The average Bonchev–Trinajstić information content (AvgIpc) is 2.79. The highest BCUT2D eigenvalue weighted by Crippen LogP contribution is 2.16. The standard InChI is InChI=1S/C25H28N4O/c1-20(23-12-11-22-9-5-6-10-24(22)17-23)26-27-25(30)19-29-15-13-28(14-16-29)18-21-7-3-2-4-8-21/h2-12,17H,13-16,18-19H2,1H3,(H,27,30)/p+2/b26-20-. The molecule has 1 amide bonds. The molecule has 0 atom stereocenters. The fourth-order valence-electron chi connectivity index (χ4n) is 4.09. The van der Waals surface area contributed by atoms with Gasteiger partial charge in [-0.25, -0.2) is 5.43 Å².